The van der Waals surface area contributed by atoms with Crippen LogP contribution in [0.4, 0.5) is 0 Å². The maximum atomic E-state index is 11.4. The fourth-order valence-corrected chi connectivity index (χ4v) is 1.76. The highest BCUT2D eigenvalue weighted by Gasteiger charge is 2.12. The highest BCUT2D eigenvalue weighted by atomic mass is 16.1. The quantitative estimate of drug-likeness (QED) is 0.732. The molecule has 1 saturated heterocycles. The van der Waals surface area contributed by atoms with Crippen molar-refractivity contribution in [2.45, 2.75) is 19.4 Å². The van der Waals surface area contributed by atoms with E-state index in [-0.39, 0.29) is 5.43 Å². The summed E-state index contributed by atoms with van der Waals surface area (Å²) in [6.45, 7) is 3.07. The number of H-pyrrole nitrogens is 1. The molecule has 0 spiro atoms. The van der Waals surface area contributed by atoms with Crippen LogP contribution in [-0.2, 0) is 6.54 Å². The number of nitrogens with zero attached hydrogens (tertiary/aromatic N) is 1. The van der Waals surface area contributed by atoms with Crippen molar-refractivity contribution in [3.63, 3.8) is 0 Å². The summed E-state index contributed by atoms with van der Waals surface area (Å²) in [6, 6.07) is 1.59. The van der Waals surface area contributed by atoms with Crippen molar-refractivity contribution in [3.8, 4) is 0 Å². The van der Waals surface area contributed by atoms with Crippen molar-refractivity contribution in [2.24, 2.45) is 0 Å². The highest BCUT2D eigenvalue weighted by molar-refractivity contribution is 5.09. The summed E-state index contributed by atoms with van der Waals surface area (Å²) in [5.41, 5.74) is 1.02. The monoisotopic (exact) mass is 178 g/mol. The molecule has 1 aromatic heterocycles. The van der Waals surface area contributed by atoms with E-state index in [1.54, 1.807) is 18.5 Å². The molecule has 0 bridgehead atoms. The molecule has 0 aromatic carbocycles. The first-order valence-electron chi connectivity index (χ1n) is 4.74. The molecule has 2 heterocycles. The van der Waals surface area contributed by atoms with Crippen molar-refractivity contribution in [1.29, 1.82) is 0 Å². The summed E-state index contributed by atoms with van der Waals surface area (Å²) in [5.74, 6) is 0. The van der Waals surface area contributed by atoms with Gasteiger partial charge in [-0.25, -0.2) is 0 Å². The second-order valence-corrected chi connectivity index (χ2v) is 3.52. The Labute approximate surface area is 77.4 Å². The molecule has 0 unspecified atom stereocenters. The van der Waals surface area contributed by atoms with Crippen LogP contribution in [0.15, 0.2) is 23.3 Å². The topological polar surface area (TPSA) is 36.1 Å². The van der Waals surface area contributed by atoms with Crippen LogP contribution in [0.25, 0.3) is 0 Å². The molecule has 13 heavy (non-hydrogen) atoms. The van der Waals surface area contributed by atoms with Crippen LogP contribution in [0.3, 0.4) is 0 Å². The lowest BCUT2D eigenvalue weighted by Gasteiger charge is -2.13. The molecule has 2 rings (SSSR count). The number of nitrogens with one attached hydrogen (secondary N) is 1. The average molecular weight is 178 g/mol. The first-order chi connectivity index (χ1) is 6.36. The number of likely N-dealkylation sites (tertiary alicyclic amines) is 1. The normalized spacial score (nSPS) is 17.8. The van der Waals surface area contributed by atoms with Gasteiger partial charge in [-0.1, -0.05) is 0 Å². The number of hydrogen-bond acceptors (Lipinski definition) is 2. The number of hydrogen-bond donors (Lipinski definition) is 1. The van der Waals surface area contributed by atoms with E-state index < -0.39 is 0 Å². The molecule has 0 aliphatic carbocycles. The molecule has 0 saturated carbocycles. The second kappa shape index (κ2) is 3.75. The van der Waals surface area contributed by atoms with Gasteiger partial charge in [0.05, 0.1) is 0 Å². The molecule has 0 amide bonds. The Kier molecular flexibility index (Phi) is 2.45. The molecule has 1 aliphatic heterocycles. The van der Waals surface area contributed by atoms with E-state index in [4.69, 9.17) is 0 Å². The van der Waals surface area contributed by atoms with Crippen molar-refractivity contribution < 1.29 is 0 Å². The van der Waals surface area contributed by atoms with Crippen molar-refractivity contribution >= 4 is 0 Å². The third-order valence-corrected chi connectivity index (χ3v) is 2.50. The van der Waals surface area contributed by atoms with Gasteiger partial charge in [0, 0.05) is 30.6 Å². The average Bonchev–Trinajstić information content (AvgIpc) is 2.61. The zero-order chi connectivity index (χ0) is 9.10. The van der Waals surface area contributed by atoms with Crippen LogP contribution >= 0.6 is 0 Å². The van der Waals surface area contributed by atoms with Gasteiger partial charge in [-0.2, -0.15) is 0 Å². The first kappa shape index (κ1) is 8.51. The van der Waals surface area contributed by atoms with Crippen molar-refractivity contribution in [2.75, 3.05) is 13.1 Å². The third kappa shape index (κ3) is 1.98. The Bertz CT molecular complexity index is 326. The summed E-state index contributed by atoms with van der Waals surface area (Å²) < 4.78 is 0. The van der Waals surface area contributed by atoms with Gasteiger partial charge in [-0.05, 0) is 25.9 Å². The zero-order valence-corrected chi connectivity index (χ0v) is 7.62. The minimum Gasteiger partial charge on any atom is -0.367 e. The highest BCUT2D eigenvalue weighted by Crippen LogP contribution is 2.09. The van der Waals surface area contributed by atoms with Gasteiger partial charge in [-0.15, -0.1) is 0 Å². The predicted octanol–water partition coefficient (Wildman–Crippen LogP) is 0.971. The Morgan fingerprint density at radius 2 is 2.15 bits per heavy atom. The van der Waals surface area contributed by atoms with Crippen LogP contribution in [0.1, 0.15) is 18.4 Å². The summed E-state index contributed by atoms with van der Waals surface area (Å²) in [4.78, 5) is 16.6. The van der Waals surface area contributed by atoms with Crippen LogP contribution in [0, 0.1) is 0 Å². The number of aromatic nitrogens is 1. The Hall–Kier alpha value is -1.09. The van der Waals surface area contributed by atoms with Gasteiger partial charge in [0.1, 0.15) is 0 Å². The van der Waals surface area contributed by atoms with E-state index >= 15 is 0 Å². The molecule has 3 heteroatoms. The molecule has 70 valence electrons. The summed E-state index contributed by atoms with van der Waals surface area (Å²) >= 11 is 0. The van der Waals surface area contributed by atoms with E-state index in [9.17, 15) is 4.79 Å². The van der Waals surface area contributed by atoms with Crippen LogP contribution < -0.4 is 5.43 Å². The van der Waals surface area contributed by atoms with E-state index in [0.717, 1.165) is 25.2 Å². The summed E-state index contributed by atoms with van der Waals surface area (Å²) in [5, 5.41) is 0. The standard InChI is InChI=1S/C10H14N2O/c13-10-3-4-11-7-9(10)8-12-5-1-2-6-12/h3-4,7H,1-2,5-6,8H2,(H,11,13). The molecule has 1 aliphatic rings. The van der Waals surface area contributed by atoms with E-state index in [1.165, 1.54) is 12.8 Å². The Morgan fingerprint density at radius 3 is 2.85 bits per heavy atom. The third-order valence-electron chi connectivity index (χ3n) is 2.50. The SMILES string of the molecule is O=c1cc[nH]cc1CN1CCCC1. The van der Waals surface area contributed by atoms with E-state index in [0.29, 0.717) is 0 Å². The smallest absolute Gasteiger partial charge is 0.186 e. The van der Waals surface area contributed by atoms with Gasteiger partial charge >= 0.3 is 0 Å². The molecule has 3 nitrogen and oxygen atoms in total. The largest absolute Gasteiger partial charge is 0.367 e. The minimum atomic E-state index is 0.144. The maximum Gasteiger partial charge on any atom is 0.186 e. The molecule has 1 fully saturated rings. The molecule has 0 radical (unpaired) electrons. The fraction of sp³-hybridized carbons (Fsp3) is 0.500. The summed E-state index contributed by atoms with van der Waals surface area (Å²) in [7, 11) is 0. The fourth-order valence-electron chi connectivity index (χ4n) is 1.76. The van der Waals surface area contributed by atoms with E-state index in [1.807, 2.05) is 0 Å². The predicted molar refractivity (Wildman–Crippen MR) is 51.6 cm³/mol. The molecular weight excluding hydrogens is 164 g/mol. The Balaban J connectivity index is 2.08. The number of pyridine rings is 1. The summed E-state index contributed by atoms with van der Waals surface area (Å²) in [6.07, 6.45) is 6.02. The van der Waals surface area contributed by atoms with Gasteiger partial charge < -0.3 is 4.98 Å². The molecule has 1 N–H and O–H groups in total. The van der Waals surface area contributed by atoms with Gasteiger partial charge in [-0.3, -0.25) is 9.69 Å². The molecule has 1 aromatic rings. The minimum absolute atomic E-state index is 0.144. The maximum absolute atomic E-state index is 11.4. The lowest BCUT2D eigenvalue weighted by molar-refractivity contribution is 0.330. The molecule has 0 atom stereocenters. The number of aromatic amines is 1. The van der Waals surface area contributed by atoms with Crippen LogP contribution in [0.5, 0.6) is 0 Å². The number of rotatable bonds is 2. The lowest BCUT2D eigenvalue weighted by Crippen LogP contribution is -2.22. The second-order valence-electron chi connectivity index (χ2n) is 3.52. The van der Waals surface area contributed by atoms with Gasteiger partial charge in [0.2, 0.25) is 0 Å². The van der Waals surface area contributed by atoms with Crippen LogP contribution in [-0.4, -0.2) is 23.0 Å². The van der Waals surface area contributed by atoms with Crippen molar-refractivity contribution in [1.82, 2.24) is 9.88 Å². The first-order valence-corrected chi connectivity index (χ1v) is 4.74. The lowest BCUT2D eigenvalue weighted by atomic mass is 10.2. The van der Waals surface area contributed by atoms with Crippen molar-refractivity contribution in [3.05, 3.63) is 34.2 Å². The van der Waals surface area contributed by atoms with Gasteiger partial charge in [0.25, 0.3) is 0 Å². The van der Waals surface area contributed by atoms with Gasteiger partial charge in [0.15, 0.2) is 5.43 Å². The van der Waals surface area contributed by atoms with Crippen LogP contribution in [0.2, 0.25) is 0 Å². The zero-order valence-electron chi connectivity index (χ0n) is 7.62. The Morgan fingerprint density at radius 1 is 1.38 bits per heavy atom. The van der Waals surface area contributed by atoms with E-state index in [2.05, 4.69) is 9.88 Å². The molecular formula is C10H14N2O.